The van der Waals surface area contributed by atoms with E-state index in [0.717, 1.165) is 50.5 Å². The van der Waals surface area contributed by atoms with E-state index in [1.165, 1.54) is 25.7 Å². The van der Waals surface area contributed by atoms with Crippen molar-refractivity contribution in [2.45, 2.75) is 145 Å². The van der Waals surface area contributed by atoms with E-state index in [1.54, 1.807) is 37.1 Å². The number of hydrogen-bond acceptors (Lipinski definition) is 7. The SMILES string of the molecule is CC(C)C1=C2C3CCC4C5(C)CCC(OC(=O)CC(C)(C)C(=O)O)C(C)(C)C5CCC4(C)C3(C)CCC2(Cc2nnc(-c3ccc(O)cc3)o2)CC1. The quantitative estimate of drug-likeness (QED) is 0.205. The van der Waals surface area contributed by atoms with Crippen LogP contribution in [0.4, 0.5) is 0 Å². The summed E-state index contributed by atoms with van der Waals surface area (Å²) in [6.45, 7) is 20.5. The molecule has 0 bridgehead atoms. The lowest BCUT2D eigenvalue weighted by Gasteiger charge is -2.72. The molecule has 8 nitrogen and oxygen atoms in total. The molecule has 284 valence electrons. The first-order valence-corrected chi connectivity index (χ1v) is 20.1. The van der Waals surface area contributed by atoms with E-state index < -0.39 is 17.4 Å². The standard InChI is InChI=1S/C44H62N2O6/c1-26(2)29-16-21-44(24-34-45-46-37(52-34)27-10-12-28(47)13-11-27)23-22-42(8)30(36(29)44)14-15-32-41(7)19-18-33(51-35(48)25-39(3,4)38(49)50)40(5,6)31(41)17-20-43(32,42)9/h10-13,26,30-33,47H,14-25H2,1-9H3,(H,49,50). The minimum absolute atomic E-state index is 0.0476. The highest BCUT2D eigenvalue weighted by Gasteiger charge is 2.69. The van der Waals surface area contributed by atoms with Crippen LogP contribution in [-0.4, -0.2) is 38.5 Å². The zero-order valence-corrected chi connectivity index (χ0v) is 33.1. The van der Waals surface area contributed by atoms with E-state index in [-0.39, 0.29) is 45.3 Å². The number of esters is 1. The highest BCUT2D eigenvalue weighted by atomic mass is 16.5. The molecule has 52 heavy (non-hydrogen) atoms. The maximum Gasteiger partial charge on any atom is 0.309 e. The number of aromatic nitrogens is 2. The number of fused-ring (bicyclic) bond motifs is 7. The van der Waals surface area contributed by atoms with Crippen LogP contribution < -0.4 is 0 Å². The molecular formula is C44H62N2O6. The van der Waals surface area contributed by atoms with Crippen molar-refractivity contribution < 1.29 is 29.0 Å². The number of carboxylic acids is 1. The predicted octanol–water partition coefficient (Wildman–Crippen LogP) is 10.2. The summed E-state index contributed by atoms with van der Waals surface area (Å²) >= 11 is 0. The number of carbonyl (C=O) groups excluding carboxylic acids is 1. The van der Waals surface area contributed by atoms with Crippen molar-refractivity contribution in [2.24, 2.45) is 56.2 Å². The summed E-state index contributed by atoms with van der Waals surface area (Å²) in [5, 5.41) is 28.4. The fourth-order valence-electron chi connectivity index (χ4n) is 13.2. The highest BCUT2D eigenvalue weighted by Crippen LogP contribution is 2.77. The van der Waals surface area contributed by atoms with E-state index >= 15 is 0 Å². The summed E-state index contributed by atoms with van der Waals surface area (Å²) in [6.07, 6.45) is 11.7. The molecule has 7 rings (SSSR count). The molecule has 2 aromatic rings. The molecule has 8 heteroatoms. The van der Waals surface area contributed by atoms with E-state index in [1.807, 2.05) is 12.1 Å². The summed E-state index contributed by atoms with van der Waals surface area (Å²) in [4.78, 5) is 24.9. The number of hydrogen-bond donors (Lipinski definition) is 2. The third-order valence-corrected chi connectivity index (χ3v) is 16.3. The van der Waals surface area contributed by atoms with Crippen LogP contribution >= 0.6 is 0 Å². The van der Waals surface area contributed by atoms with Gasteiger partial charge in [-0.25, -0.2) is 0 Å². The summed E-state index contributed by atoms with van der Waals surface area (Å²) in [7, 11) is 0. The molecule has 0 amide bonds. The second kappa shape index (κ2) is 12.4. The molecule has 1 aromatic heterocycles. The smallest absolute Gasteiger partial charge is 0.309 e. The lowest BCUT2D eigenvalue weighted by atomic mass is 9.33. The van der Waals surface area contributed by atoms with Crippen molar-refractivity contribution in [1.29, 1.82) is 0 Å². The Labute approximate surface area is 310 Å². The number of allylic oxidation sites excluding steroid dienone is 2. The Hall–Kier alpha value is -3.16. The Balaban J connectivity index is 1.15. The van der Waals surface area contributed by atoms with Crippen LogP contribution in [0, 0.1) is 56.2 Å². The first-order valence-electron chi connectivity index (χ1n) is 20.1. The van der Waals surface area contributed by atoms with E-state index in [0.29, 0.717) is 35.5 Å². The fourth-order valence-corrected chi connectivity index (χ4v) is 13.2. The third kappa shape index (κ3) is 5.58. The minimum Gasteiger partial charge on any atom is -0.508 e. The van der Waals surface area contributed by atoms with Crippen molar-refractivity contribution in [1.82, 2.24) is 10.2 Å². The van der Waals surface area contributed by atoms with Crippen LogP contribution in [-0.2, 0) is 20.7 Å². The largest absolute Gasteiger partial charge is 0.508 e. The molecule has 2 N–H and O–H groups in total. The maximum atomic E-state index is 13.1. The molecule has 8 unspecified atom stereocenters. The van der Waals surface area contributed by atoms with Gasteiger partial charge < -0.3 is 19.4 Å². The second-order valence-electron chi connectivity index (χ2n) is 19.9. The molecule has 8 atom stereocenters. The summed E-state index contributed by atoms with van der Waals surface area (Å²) < 4.78 is 12.5. The number of aromatic hydroxyl groups is 1. The number of nitrogens with zero attached hydrogens (tertiary/aromatic N) is 2. The van der Waals surface area contributed by atoms with Gasteiger partial charge in [-0.3, -0.25) is 9.59 Å². The van der Waals surface area contributed by atoms with Crippen molar-refractivity contribution in [3.63, 3.8) is 0 Å². The van der Waals surface area contributed by atoms with E-state index in [4.69, 9.17) is 9.15 Å². The topological polar surface area (TPSA) is 123 Å². The average molecular weight is 715 g/mol. The van der Waals surface area contributed by atoms with Gasteiger partial charge >= 0.3 is 11.9 Å². The van der Waals surface area contributed by atoms with Crippen LogP contribution in [0.2, 0.25) is 0 Å². The molecule has 1 heterocycles. The average Bonchev–Trinajstić information content (AvgIpc) is 3.68. The number of carboxylic acid groups (broad SMARTS) is 1. The third-order valence-electron chi connectivity index (χ3n) is 16.3. The minimum atomic E-state index is -1.14. The molecule has 0 saturated heterocycles. The number of aliphatic carboxylic acids is 1. The van der Waals surface area contributed by atoms with Crippen LogP contribution in [0.15, 0.2) is 39.8 Å². The maximum absolute atomic E-state index is 13.1. The molecule has 4 fully saturated rings. The first-order chi connectivity index (χ1) is 24.3. The molecule has 0 spiro atoms. The van der Waals surface area contributed by atoms with Gasteiger partial charge in [-0.1, -0.05) is 59.6 Å². The number of phenols is 1. The molecule has 0 radical (unpaired) electrons. The van der Waals surface area contributed by atoms with Gasteiger partial charge in [-0.2, -0.15) is 0 Å². The predicted molar refractivity (Wildman–Crippen MR) is 200 cm³/mol. The molecule has 5 aliphatic carbocycles. The Morgan fingerprint density at radius 1 is 0.904 bits per heavy atom. The van der Waals surface area contributed by atoms with Crippen LogP contribution in [0.1, 0.15) is 139 Å². The lowest BCUT2D eigenvalue weighted by Crippen LogP contribution is -2.65. The molecule has 1 aromatic carbocycles. The fraction of sp³-hybridized carbons (Fsp3) is 0.727. The van der Waals surface area contributed by atoms with Gasteiger partial charge in [0, 0.05) is 22.8 Å². The van der Waals surface area contributed by atoms with Crippen molar-refractivity contribution in [3.05, 3.63) is 41.3 Å². The van der Waals surface area contributed by atoms with Crippen molar-refractivity contribution >= 4 is 11.9 Å². The molecule has 4 saturated carbocycles. The normalized spacial score (nSPS) is 36.8. The molecular weight excluding hydrogens is 652 g/mol. The van der Waals surface area contributed by atoms with Gasteiger partial charge in [0.1, 0.15) is 11.9 Å². The van der Waals surface area contributed by atoms with Gasteiger partial charge in [0.25, 0.3) is 0 Å². The van der Waals surface area contributed by atoms with Gasteiger partial charge in [0.05, 0.1) is 11.8 Å². The number of ether oxygens (including phenoxy) is 1. The number of rotatable bonds is 8. The monoisotopic (exact) mass is 714 g/mol. The molecule has 5 aliphatic rings. The van der Waals surface area contributed by atoms with Gasteiger partial charge in [-0.15, -0.1) is 10.2 Å². The van der Waals surface area contributed by atoms with Crippen molar-refractivity contribution in [3.8, 4) is 17.2 Å². The Bertz CT molecular complexity index is 1760. The lowest BCUT2D eigenvalue weighted by molar-refractivity contribution is -0.233. The number of carbonyl (C=O) groups is 2. The van der Waals surface area contributed by atoms with Crippen LogP contribution in [0.25, 0.3) is 11.5 Å². The summed E-state index contributed by atoms with van der Waals surface area (Å²) in [6, 6.07) is 6.97. The second-order valence-corrected chi connectivity index (χ2v) is 19.9. The summed E-state index contributed by atoms with van der Waals surface area (Å²) in [5.41, 5.74) is 3.44. The van der Waals surface area contributed by atoms with E-state index in [9.17, 15) is 19.8 Å². The van der Waals surface area contributed by atoms with Crippen molar-refractivity contribution in [2.75, 3.05) is 0 Å². The van der Waals surface area contributed by atoms with E-state index in [2.05, 4.69) is 58.7 Å². The van der Waals surface area contributed by atoms with Gasteiger partial charge in [0.15, 0.2) is 0 Å². The zero-order valence-electron chi connectivity index (χ0n) is 33.1. The number of phenolic OH excluding ortho intramolecular Hbond substituents is 1. The van der Waals surface area contributed by atoms with Gasteiger partial charge in [-0.05, 0) is 142 Å². The Morgan fingerprint density at radius 2 is 1.62 bits per heavy atom. The zero-order chi connectivity index (χ0) is 37.6. The Kier molecular flexibility index (Phi) is 8.89. The Morgan fingerprint density at radius 3 is 2.29 bits per heavy atom. The number of benzene rings is 1. The van der Waals surface area contributed by atoms with Gasteiger partial charge in [0.2, 0.25) is 11.8 Å². The first kappa shape index (κ1) is 37.2. The van der Waals surface area contributed by atoms with Crippen LogP contribution in [0.3, 0.4) is 0 Å². The highest BCUT2D eigenvalue weighted by molar-refractivity contribution is 5.81. The van der Waals surface area contributed by atoms with Crippen LogP contribution in [0.5, 0.6) is 5.75 Å². The summed E-state index contributed by atoms with van der Waals surface area (Å²) in [5.74, 6) is 2.13. The molecule has 0 aliphatic heterocycles.